The van der Waals surface area contributed by atoms with Crippen LogP contribution in [-0.2, 0) is 0 Å². The third-order valence-electron chi connectivity index (χ3n) is 1.90. The maximum Gasteiger partial charge on any atom is 0.338 e. The van der Waals surface area contributed by atoms with Gasteiger partial charge in [-0.2, -0.15) is 0 Å². The van der Waals surface area contributed by atoms with Crippen LogP contribution in [0.1, 0.15) is 10.4 Å². The molecule has 0 amide bonds. The fourth-order valence-corrected chi connectivity index (χ4v) is 1.20. The minimum absolute atomic E-state index is 0.170. The van der Waals surface area contributed by atoms with Crippen LogP contribution < -0.4 is 0 Å². The van der Waals surface area contributed by atoms with E-state index in [0.29, 0.717) is 5.76 Å². The Morgan fingerprint density at radius 1 is 1.21 bits per heavy atom. The molecule has 1 heterocycles. The first kappa shape index (κ1) is 8.56. The third-order valence-corrected chi connectivity index (χ3v) is 1.90. The van der Waals surface area contributed by atoms with Crippen LogP contribution in [0, 0.1) is 0 Å². The molecule has 0 atom stereocenters. The van der Waals surface area contributed by atoms with Crippen LogP contribution in [0.5, 0.6) is 0 Å². The molecule has 0 bridgehead atoms. The van der Waals surface area contributed by atoms with Crippen LogP contribution in [0.3, 0.4) is 0 Å². The molecule has 70 valence electrons. The molecule has 0 saturated carbocycles. The highest BCUT2D eigenvalue weighted by Gasteiger charge is 2.08. The molecule has 0 aliphatic heterocycles. The predicted octanol–water partition coefficient (Wildman–Crippen LogP) is 2.64. The molecule has 0 aliphatic carbocycles. The van der Waals surface area contributed by atoms with Gasteiger partial charge in [0.1, 0.15) is 12.0 Å². The number of furan rings is 1. The molecule has 3 heteroatoms. The van der Waals surface area contributed by atoms with Crippen molar-refractivity contribution in [2.75, 3.05) is 0 Å². The standard InChI is InChI=1S/C11H8O3/c12-11(13)9-6-10(14-7-9)8-4-2-1-3-5-8/h1-7H,(H,12,13). The van der Waals surface area contributed by atoms with Gasteiger partial charge in [-0.3, -0.25) is 0 Å². The molecule has 0 radical (unpaired) electrons. The average molecular weight is 188 g/mol. The second kappa shape index (κ2) is 3.38. The van der Waals surface area contributed by atoms with E-state index in [9.17, 15) is 4.79 Å². The summed E-state index contributed by atoms with van der Waals surface area (Å²) in [4.78, 5) is 10.6. The van der Waals surface area contributed by atoms with Gasteiger partial charge in [0.2, 0.25) is 0 Å². The molecule has 0 unspecified atom stereocenters. The molecule has 3 nitrogen and oxygen atoms in total. The number of hydrogen-bond acceptors (Lipinski definition) is 2. The Kier molecular flexibility index (Phi) is 2.07. The number of benzene rings is 1. The van der Waals surface area contributed by atoms with Crippen molar-refractivity contribution in [2.45, 2.75) is 0 Å². The van der Waals surface area contributed by atoms with E-state index in [1.54, 1.807) is 0 Å². The lowest BCUT2D eigenvalue weighted by Gasteiger charge is -1.92. The van der Waals surface area contributed by atoms with Crippen molar-refractivity contribution < 1.29 is 14.3 Å². The van der Waals surface area contributed by atoms with Gasteiger partial charge >= 0.3 is 5.97 Å². The monoisotopic (exact) mass is 188 g/mol. The fraction of sp³-hybridized carbons (Fsp3) is 0. The summed E-state index contributed by atoms with van der Waals surface area (Å²) in [6.07, 6.45) is 1.24. The summed E-state index contributed by atoms with van der Waals surface area (Å²) < 4.78 is 5.13. The molecule has 0 saturated heterocycles. The molecular weight excluding hydrogens is 180 g/mol. The summed E-state index contributed by atoms with van der Waals surface area (Å²) in [5.74, 6) is -0.404. The smallest absolute Gasteiger partial charge is 0.338 e. The van der Waals surface area contributed by atoms with Gasteiger partial charge in [0, 0.05) is 5.56 Å². The maximum atomic E-state index is 10.6. The van der Waals surface area contributed by atoms with E-state index in [-0.39, 0.29) is 5.56 Å². The summed E-state index contributed by atoms with van der Waals surface area (Å²) in [6, 6.07) is 10.9. The number of carbonyl (C=O) groups is 1. The van der Waals surface area contributed by atoms with E-state index in [2.05, 4.69) is 0 Å². The quantitative estimate of drug-likeness (QED) is 0.788. The van der Waals surface area contributed by atoms with E-state index >= 15 is 0 Å². The van der Waals surface area contributed by atoms with Crippen molar-refractivity contribution >= 4 is 5.97 Å². The Hall–Kier alpha value is -2.03. The van der Waals surface area contributed by atoms with Crippen LogP contribution in [-0.4, -0.2) is 11.1 Å². The molecule has 0 aliphatic rings. The molecule has 14 heavy (non-hydrogen) atoms. The first-order valence-corrected chi connectivity index (χ1v) is 4.14. The van der Waals surface area contributed by atoms with Crippen molar-refractivity contribution in [1.29, 1.82) is 0 Å². The SMILES string of the molecule is O=C(O)c1coc(-c2ccccc2)c1. The van der Waals surface area contributed by atoms with E-state index < -0.39 is 5.97 Å². The molecule has 2 aromatic rings. The normalized spacial score (nSPS) is 10.0. The molecule has 1 aromatic heterocycles. The number of carboxylic acids is 1. The van der Waals surface area contributed by atoms with Crippen molar-refractivity contribution in [3.8, 4) is 11.3 Å². The lowest BCUT2D eigenvalue weighted by atomic mass is 10.1. The molecular formula is C11H8O3. The number of aromatic carboxylic acids is 1. The highest BCUT2D eigenvalue weighted by Crippen LogP contribution is 2.21. The molecule has 1 N–H and O–H groups in total. The highest BCUT2D eigenvalue weighted by molar-refractivity contribution is 5.88. The Balaban J connectivity index is 2.39. The largest absolute Gasteiger partial charge is 0.478 e. The fourth-order valence-electron chi connectivity index (χ4n) is 1.20. The predicted molar refractivity (Wildman–Crippen MR) is 51.1 cm³/mol. The maximum absolute atomic E-state index is 10.6. The zero-order valence-corrected chi connectivity index (χ0v) is 7.31. The zero-order valence-electron chi connectivity index (χ0n) is 7.31. The minimum Gasteiger partial charge on any atom is -0.478 e. The topological polar surface area (TPSA) is 50.4 Å². The number of carboxylic acid groups (broad SMARTS) is 1. The van der Waals surface area contributed by atoms with Gasteiger partial charge in [0.05, 0.1) is 5.56 Å². The summed E-state index contributed by atoms with van der Waals surface area (Å²) >= 11 is 0. The van der Waals surface area contributed by atoms with Gasteiger partial charge in [0.25, 0.3) is 0 Å². The number of rotatable bonds is 2. The van der Waals surface area contributed by atoms with Gasteiger partial charge in [-0.1, -0.05) is 30.3 Å². The zero-order chi connectivity index (χ0) is 9.97. The summed E-state index contributed by atoms with van der Waals surface area (Å²) in [5.41, 5.74) is 1.05. The van der Waals surface area contributed by atoms with Crippen molar-refractivity contribution in [2.24, 2.45) is 0 Å². The Labute approximate surface area is 80.6 Å². The van der Waals surface area contributed by atoms with Gasteiger partial charge in [-0.05, 0) is 6.07 Å². The van der Waals surface area contributed by atoms with Gasteiger partial charge < -0.3 is 9.52 Å². The summed E-state index contributed by atoms with van der Waals surface area (Å²) in [7, 11) is 0. The first-order chi connectivity index (χ1) is 6.77. The van der Waals surface area contributed by atoms with Crippen molar-refractivity contribution in [3.63, 3.8) is 0 Å². The molecule has 1 aromatic carbocycles. The third kappa shape index (κ3) is 1.52. The van der Waals surface area contributed by atoms with Crippen LogP contribution >= 0.6 is 0 Å². The van der Waals surface area contributed by atoms with Crippen LogP contribution in [0.2, 0.25) is 0 Å². The van der Waals surface area contributed by atoms with E-state index in [4.69, 9.17) is 9.52 Å². The van der Waals surface area contributed by atoms with Crippen LogP contribution in [0.15, 0.2) is 47.1 Å². The van der Waals surface area contributed by atoms with Crippen molar-refractivity contribution in [1.82, 2.24) is 0 Å². The first-order valence-electron chi connectivity index (χ1n) is 4.14. The second-order valence-corrected chi connectivity index (χ2v) is 2.87. The highest BCUT2D eigenvalue weighted by atomic mass is 16.4. The van der Waals surface area contributed by atoms with Gasteiger partial charge in [-0.15, -0.1) is 0 Å². The second-order valence-electron chi connectivity index (χ2n) is 2.87. The van der Waals surface area contributed by atoms with E-state index in [1.165, 1.54) is 12.3 Å². The molecule has 0 fully saturated rings. The molecule has 2 rings (SSSR count). The lowest BCUT2D eigenvalue weighted by Crippen LogP contribution is -1.91. The van der Waals surface area contributed by atoms with Crippen LogP contribution in [0.4, 0.5) is 0 Å². The van der Waals surface area contributed by atoms with E-state index in [1.807, 2.05) is 30.3 Å². The average Bonchev–Trinajstić information content (AvgIpc) is 2.68. The Morgan fingerprint density at radius 2 is 1.93 bits per heavy atom. The van der Waals surface area contributed by atoms with Crippen molar-refractivity contribution in [3.05, 3.63) is 48.2 Å². The Morgan fingerprint density at radius 3 is 2.50 bits per heavy atom. The number of hydrogen-bond donors (Lipinski definition) is 1. The van der Waals surface area contributed by atoms with Gasteiger partial charge in [-0.25, -0.2) is 4.79 Å². The minimum atomic E-state index is -0.976. The lowest BCUT2D eigenvalue weighted by molar-refractivity contribution is 0.0696. The Bertz CT molecular complexity index is 443. The summed E-state index contributed by atoms with van der Waals surface area (Å²) in [5, 5.41) is 8.69. The van der Waals surface area contributed by atoms with Gasteiger partial charge in [0.15, 0.2) is 0 Å². The van der Waals surface area contributed by atoms with E-state index in [0.717, 1.165) is 5.56 Å². The summed E-state index contributed by atoms with van der Waals surface area (Å²) in [6.45, 7) is 0. The van der Waals surface area contributed by atoms with Crippen LogP contribution in [0.25, 0.3) is 11.3 Å². The molecule has 0 spiro atoms.